The molecular formula is C15H26O3. The van der Waals surface area contributed by atoms with Crippen molar-refractivity contribution in [1.29, 1.82) is 0 Å². The van der Waals surface area contributed by atoms with Crippen LogP contribution in [0, 0.1) is 28.1 Å². The van der Waals surface area contributed by atoms with Gasteiger partial charge in [0.25, 0.3) is 0 Å². The van der Waals surface area contributed by atoms with E-state index < -0.39 is 11.5 Å². The molecule has 0 radical (unpaired) electrons. The van der Waals surface area contributed by atoms with Gasteiger partial charge in [0.15, 0.2) is 0 Å². The van der Waals surface area contributed by atoms with E-state index in [9.17, 15) is 15.3 Å². The third-order valence-electron chi connectivity index (χ3n) is 6.86. The van der Waals surface area contributed by atoms with Crippen LogP contribution in [-0.2, 0) is 0 Å². The topological polar surface area (TPSA) is 60.7 Å². The van der Waals surface area contributed by atoms with E-state index in [1.54, 1.807) is 0 Å². The fraction of sp³-hybridized carbons (Fsp3) is 1.00. The predicted molar refractivity (Wildman–Crippen MR) is 68.9 cm³/mol. The largest absolute Gasteiger partial charge is 0.396 e. The highest BCUT2D eigenvalue weighted by Crippen LogP contribution is 2.73. The molecule has 6 atom stereocenters. The Morgan fingerprint density at radius 1 is 1.06 bits per heavy atom. The van der Waals surface area contributed by atoms with Crippen molar-refractivity contribution < 1.29 is 15.3 Å². The molecule has 6 unspecified atom stereocenters. The Morgan fingerprint density at radius 2 is 1.72 bits per heavy atom. The average Bonchev–Trinajstić information content (AvgIpc) is 2.55. The summed E-state index contributed by atoms with van der Waals surface area (Å²) in [6.07, 6.45) is 3.02. The van der Waals surface area contributed by atoms with Crippen molar-refractivity contribution in [3.8, 4) is 0 Å². The summed E-state index contributed by atoms with van der Waals surface area (Å²) in [6.45, 7) is 6.62. The van der Waals surface area contributed by atoms with Gasteiger partial charge < -0.3 is 15.3 Å². The maximum atomic E-state index is 10.8. The van der Waals surface area contributed by atoms with Gasteiger partial charge in [-0.05, 0) is 41.9 Å². The Hall–Kier alpha value is -0.120. The van der Waals surface area contributed by atoms with Crippen LogP contribution in [0.1, 0.15) is 46.5 Å². The maximum absolute atomic E-state index is 10.8. The van der Waals surface area contributed by atoms with Crippen LogP contribution < -0.4 is 0 Å². The van der Waals surface area contributed by atoms with E-state index in [0.29, 0.717) is 6.42 Å². The molecule has 0 aromatic carbocycles. The average molecular weight is 254 g/mol. The molecule has 3 heteroatoms. The van der Waals surface area contributed by atoms with Gasteiger partial charge in [-0.1, -0.05) is 27.2 Å². The van der Waals surface area contributed by atoms with Gasteiger partial charge in [-0.3, -0.25) is 0 Å². The lowest BCUT2D eigenvalue weighted by Crippen LogP contribution is -2.50. The Labute approximate surface area is 109 Å². The molecule has 3 aliphatic carbocycles. The van der Waals surface area contributed by atoms with Crippen LogP contribution >= 0.6 is 0 Å². The lowest BCUT2D eigenvalue weighted by Gasteiger charge is -2.46. The minimum atomic E-state index is -0.473. The van der Waals surface area contributed by atoms with Crippen LogP contribution in [0.2, 0.25) is 0 Å². The van der Waals surface area contributed by atoms with Crippen molar-refractivity contribution >= 4 is 0 Å². The molecular weight excluding hydrogens is 228 g/mol. The first kappa shape index (κ1) is 12.9. The second kappa shape index (κ2) is 3.50. The van der Waals surface area contributed by atoms with Gasteiger partial charge >= 0.3 is 0 Å². The Balaban J connectivity index is 2.16. The number of hydrogen-bond donors (Lipinski definition) is 3. The first-order valence-corrected chi connectivity index (χ1v) is 7.27. The summed E-state index contributed by atoms with van der Waals surface area (Å²) < 4.78 is 0. The number of aliphatic hydroxyl groups excluding tert-OH is 3. The molecule has 0 aromatic rings. The lowest BCUT2D eigenvalue weighted by atomic mass is 9.62. The summed E-state index contributed by atoms with van der Waals surface area (Å²) >= 11 is 0. The van der Waals surface area contributed by atoms with Gasteiger partial charge in [-0.2, -0.15) is 0 Å². The molecule has 3 fully saturated rings. The monoisotopic (exact) mass is 254 g/mol. The zero-order valence-electron chi connectivity index (χ0n) is 11.7. The first-order valence-electron chi connectivity index (χ1n) is 7.27. The van der Waals surface area contributed by atoms with E-state index >= 15 is 0 Å². The van der Waals surface area contributed by atoms with E-state index in [1.807, 2.05) is 0 Å². The second-order valence-electron chi connectivity index (χ2n) is 7.84. The minimum absolute atomic E-state index is 0.00477. The normalized spacial score (nSPS) is 57.7. The molecule has 3 rings (SSSR count). The van der Waals surface area contributed by atoms with Gasteiger partial charge in [-0.25, -0.2) is 0 Å². The third kappa shape index (κ3) is 1.17. The fourth-order valence-corrected chi connectivity index (χ4v) is 5.87. The fourth-order valence-electron chi connectivity index (χ4n) is 5.87. The van der Waals surface area contributed by atoms with Crippen molar-refractivity contribution in [2.45, 2.75) is 58.7 Å². The van der Waals surface area contributed by atoms with Gasteiger partial charge in [-0.15, -0.1) is 0 Å². The molecule has 0 aliphatic heterocycles. The van der Waals surface area contributed by atoms with E-state index in [0.717, 1.165) is 19.3 Å². The molecule has 18 heavy (non-hydrogen) atoms. The highest BCUT2D eigenvalue weighted by molar-refractivity contribution is 5.23. The van der Waals surface area contributed by atoms with Crippen LogP contribution in [-0.4, -0.2) is 34.1 Å². The van der Waals surface area contributed by atoms with Crippen LogP contribution in [0.25, 0.3) is 0 Å². The molecule has 0 saturated heterocycles. The van der Waals surface area contributed by atoms with Crippen molar-refractivity contribution in [3.05, 3.63) is 0 Å². The molecule has 4 bridgehead atoms. The molecule has 0 heterocycles. The van der Waals surface area contributed by atoms with Gasteiger partial charge in [0, 0.05) is 5.41 Å². The third-order valence-corrected chi connectivity index (χ3v) is 6.86. The van der Waals surface area contributed by atoms with Crippen molar-refractivity contribution in [3.63, 3.8) is 0 Å². The quantitative estimate of drug-likeness (QED) is 0.665. The summed E-state index contributed by atoms with van der Waals surface area (Å²) in [5.41, 5.74) is -0.515. The van der Waals surface area contributed by atoms with Gasteiger partial charge in [0.2, 0.25) is 0 Å². The Kier molecular flexibility index (Phi) is 2.51. The first-order chi connectivity index (χ1) is 8.30. The molecule has 0 aromatic heterocycles. The van der Waals surface area contributed by atoms with Gasteiger partial charge in [0.05, 0.1) is 18.8 Å². The smallest absolute Gasteiger partial charge is 0.0661 e. The molecule has 3 saturated carbocycles. The highest BCUT2D eigenvalue weighted by atomic mass is 16.3. The van der Waals surface area contributed by atoms with Gasteiger partial charge in [0.1, 0.15) is 0 Å². The zero-order chi connectivity index (χ0) is 13.3. The van der Waals surface area contributed by atoms with E-state index in [-0.39, 0.29) is 35.4 Å². The number of aliphatic hydroxyl groups is 3. The standard InChI is InChI=1S/C15H26O3/c1-13(2)5-4-6-14(3)10-9(17)7-15(14,8-16)12(18)11(10)13/h9-12,16-18H,4-8H2,1-3H3. The van der Waals surface area contributed by atoms with Crippen molar-refractivity contribution in [2.24, 2.45) is 28.1 Å². The molecule has 104 valence electrons. The lowest BCUT2D eigenvalue weighted by molar-refractivity contribution is -0.111. The Morgan fingerprint density at radius 3 is 2.33 bits per heavy atom. The van der Waals surface area contributed by atoms with Crippen molar-refractivity contribution in [2.75, 3.05) is 6.61 Å². The molecule has 3 nitrogen and oxygen atoms in total. The van der Waals surface area contributed by atoms with Crippen LogP contribution in [0.4, 0.5) is 0 Å². The highest BCUT2D eigenvalue weighted by Gasteiger charge is 2.75. The van der Waals surface area contributed by atoms with Crippen molar-refractivity contribution in [1.82, 2.24) is 0 Å². The van der Waals surface area contributed by atoms with E-state index in [1.165, 1.54) is 0 Å². The summed E-state index contributed by atoms with van der Waals surface area (Å²) in [4.78, 5) is 0. The summed E-state index contributed by atoms with van der Waals surface area (Å²) in [6, 6.07) is 0. The SMILES string of the molecule is CC1(C)CCCC2(C)C3C(O)CC2(CO)C(O)C31. The molecule has 0 amide bonds. The molecule has 3 N–H and O–H groups in total. The van der Waals surface area contributed by atoms with Crippen LogP contribution in [0.3, 0.4) is 0 Å². The van der Waals surface area contributed by atoms with E-state index in [4.69, 9.17) is 0 Å². The maximum Gasteiger partial charge on any atom is 0.0661 e. The summed E-state index contributed by atoms with van der Waals surface area (Å²) in [7, 11) is 0. The zero-order valence-corrected chi connectivity index (χ0v) is 11.7. The number of rotatable bonds is 1. The number of hydrogen-bond acceptors (Lipinski definition) is 3. The predicted octanol–water partition coefficient (Wildman–Crippen LogP) is 1.55. The summed E-state index contributed by atoms with van der Waals surface area (Å²) in [5, 5.41) is 31.2. The second-order valence-corrected chi connectivity index (χ2v) is 7.84. The Bertz CT molecular complexity index is 367. The van der Waals surface area contributed by atoms with E-state index in [2.05, 4.69) is 20.8 Å². The van der Waals surface area contributed by atoms with Crippen LogP contribution in [0.5, 0.6) is 0 Å². The van der Waals surface area contributed by atoms with Crippen LogP contribution in [0.15, 0.2) is 0 Å². The molecule has 0 spiro atoms. The molecule has 3 aliphatic rings. The minimum Gasteiger partial charge on any atom is -0.396 e. The summed E-state index contributed by atoms with van der Waals surface area (Å²) in [5.74, 6) is 0.276.